The van der Waals surface area contributed by atoms with E-state index in [1.165, 1.54) is 23.4 Å². The van der Waals surface area contributed by atoms with Gasteiger partial charge in [0.1, 0.15) is 0 Å². The highest BCUT2D eigenvalue weighted by Gasteiger charge is 2.31. The van der Waals surface area contributed by atoms with Crippen LogP contribution in [-0.4, -0.2) is 15.0 Å². The van der Waals surface area contributed by atoms with Crippen molar-refractivity contribution in [3.05, 3.63) is 46.8 Å². The quantitative estimate of drug-likeness (QED) is 0.948. The molecule has 0 spiro atoms. The third kappa shape index (κ3) is 3.07. The van der Waals surface area contributed by atoms with Crippen LogP contribution in [0.4, 0.5) is 0 Å². The Labute approximate surface area is 132 Å². The Kier molecular flexibility index (Phi) is 4.04. The summed E-state index contributed by atoms with van der Waals surface area (Å²) in [5, 5.41) is 8.84. The van der Waals surface area contributed by atoms with Crippen molar-refractivity contribution in [3.8, 4) is 0 Å². The second-order valence-electron chi connectivity index (χ2n) is 7.47. The van der Waals surface area contributed by atoms with Crippen molar-refractivity contribution in [1.82, 2.24) is 15.0 Å². The lowest BCUT2D eigenvalue weighted by atomic mass is 9.73. The zero-order valence-electron chi connectivity index (χ0n) is 13.8. The first kappa shape index (κ1) is 15.2. The lowest BCUT2D eigenvalue weighted by molar-refractivity contribution is 0.213. The van der Waals surface area contributed by atoms with Crippen LogP contribution in [0.15, 0.2) is 24.3 Å². The molecule has 1 atom stereocenters. The summed E-state index contributed by atoms with van der Waals surface area (Å²) < 4.78 is 2.08. The van der Waals surface area contributed by atoms with E-state index < -0.39 is 0 Å². The molecule has 1 aliphatic rings. The molecule has 2 aromatic rings. The standard InChI is InChI=1S/C18H26N4/c1-18(2,3)15-8-9-17-16(10-15)20-21-22(17)12-14-6-4-13(11-19)5-7-14/h4-7,15H,8-12,19H2,1-3H3. The number of nitrogens with two attached hydrogens (primary N) is 1. The van der Waals surface area contributed by atoms with E-state index in [0.717, 1.165) is 24.9 Å². The molecule has 4 heteroatoms. The zero-order chi connectivity index (χ0) is 15.7. The minimum atomic E-state index is 0.347. The number of hydrogen-bond donors (Lipinski definition) is 1. The highest BCUT2D eigenvalue weighted by Crippen LogP contribution is 2.36. The van der Waals surface area contributed by atoms with E-state index in [1.807, 2.05) is 0 Å². The first-order chi connectivity index (χ1) is 10.5. The normalized spacial score (nSPS) is 18.3. The van der Waals surface area contributed by atoms with Gasteiger partial charge in [-0.3, -0.25) is 0 Å². The van der Waals surface area contributed by atoms with Crippen molar-refractivity contribution < 1.29 is 0 Å². The maximum Gasteiger partial charge on any atom is 0.0862 e. The van der Waals surface area contributed by atoms with Gasteiger partial charge in [-0.1, -0.05) is 50.3 Å². The third-order valence-corrected chi connectivity index (χ3v) is 4.90. The van der Waals surface area contributed by atoms with Gasteiger partial charge in [0.2, 0.25) is 0 Å². The van der Waals surface area contributed by atoms with Crippen LogP contribution in [0, 0.1) is 11.3 Å². The predicted octanol–water partition coefficient (Wildman–Crippen LogP) is 2.94. The molecule has 1 unspecified atom stereocenters. The number of benzene rings is 1. The number of hydrogen-bond acceptors (Lipinski definition) is 3. The van der Waals surface area contributed by atoms with E-state index in [-0.39, 0.29) is 0 Å². The molecule has 0 fully saturated rings. The molecule has 0 radical (unpaired) electrons. The molecule has 0 saturated heterocycles. The minimum Gasteiger partial charge on any atom is -0.326 e. The lowest BCUT2D eigenvalue weighted by Crippen LogP contribution is -2.27. The van der Waals surface area contributed by atoms with E-state index in [9.17, 15) is 0 Å². The topological polar surface area (TPSA) is 56.7 Å². The monoisotopic (exact) mass is 298 g/mol. The van der Waals surface area contributed by atoms with Gasteiger partial charge in [-0.25, -0.2) is 4.68 Å². The maximum absolute atomic E-state index is 5.65. The highest BCUT2D eigenvalue weighted by molar-refractivity contribution is 5.24. The van der Waals surface area contributed by atoms with Gasteiger partial charge in [-0.15, -0.1) is 5.10 Å². The van der Waals surface area contributed by atoms with Gasteiger partial charge in [0.15, 0.2) is 0 Å². The molecule has 3 rings (SSSR count). The first-order valence-electron chi connectivity index (χ1n) is 8.16. The van der Waals surface area contributed by atoms with Gasteiger partial charge >= 0.3 is 0 Å². The Hall–Kier alpha value is -1.68. The summed E-state index contributed by atoms with van der Waals surface area (Å²) in [6, 6.07) is 8.46. The van der Waals surface area contributed by atoms with E-state index in [0.29, 0.717) is 17.9 Å². The van der Waals surface area contributed by atoms with Crippen LogP contribution in [0.2, 0.25) is 0 Å². The third-order valence-electron chi connectivity index (χ3n) is 4.90. The summed E-state index contributed by atoms with van der Waals surface area (Å²) >= 11 is 0. The number of nitrogens with zero attached hydrogens (tertiary/aromatic N) is 3. The van der Waals surface area contributed by atoms with Crippen LogP contribution < -0.4 is 5.73 Å². The Morgan fingerprint density at radius 3 is 2.50 bits per heavy atom. The predicted molar refractivity (Wildman–Crippen MR) is 88.4 cm³/mol. The fraction of sp³-hybridized carbons (Fsp3) is 0.556. The summed E-state index contributed by atoms with van der Waals surface area (Å²) in [7, 11) is 0. The van der Waals surface area contributed by atoms with Gasteiger partial charge in [0.25, 0.3) is 0 Å². The summed E-state index contributed by atoms with van der Waals surface area (Å²) in [6.45, 7) is 8.37. The molecule has 1 aromatic carbocycles. The van der Waals surface area contributed by atoms with Crippen LogP contribution in [0.1, 0.15) is 49.7 Å². The van der Waals surface area contributed by atoms with Gasteiger partial charge in [-0.05, 0) is 41.7 Å². The van der Waals surface area contributed by atoms with E-state index >= 15 is 0 Å². The lowest BCUT2D eigenvalue weighted by Gasteiger charge is -2.33. The molecule has 22 heavy (non-hydrogen) atoms. The van der Waals surface area contributed by atoms with Gasteiger partial charge in [0, 0.05) is 6.54 Å². The highest BCUT2D eigenvalue weighted by atomic mass is 15.4. The van der Waals surface area contributed by atoms with Crippen molar-refractivity contribution in [3.63, 3.8) is 0 Å². The smallest absolute Gasteiger partial charge is 0.0862 e. The molecule has 1 aromatic heterocycles. The summed E-state index contributed by atoms with van der Waals surface area (Å²) in [5.41, 5.74) is 10.9. The van der Waals surface area contributed by atoms with Crippen molar-refractivity contribution in [2.24, 2.45) is 17.1 Å². The SMILES string of the molecule is CC(C)(C)C1CCc2c(nnn2Cc2ccc(CN)cc2)C1. The molecule has 1 aliphatic carbocycles. The van der Waals surface area contributed by atoms with Crippen LogP contribution in [0.25, 0.3) is 0 Å². The van der Waals surface area contributed by atoms with Crippen molar-refractivity contribution in [1.29, 1.82) is 0 Å². The zero-order valence-corrected chi connectivity index (χ0v) is 13.8. The second kappa shape index (κ2) is 5.84. The molecule has 0 amide bonds. The second-order valence-corrected chi connectivity index (χ2v) is 7.47. The molecular weight excluding hydrogens is 272 g/mol. The molecule has 2 N–H and O–H groups in total. The minimum absolute atomic E-state index is 0.347. The Morgan fingerprint density at radius 1 is 1.18 bits per heavy atom. The van der Waals surface area contributed by atoms with E-state index in [1.54, 1.807) is 0 Å². The van der Waals surface area contributed by atoms with Crippen LogP contribution in [0.3, 0.4) is 0 Å². The average Bonchev–Trinajstić information content (AvgIpc) is 2.89. The van der Waals surface area contributed by atoms with E-state index in [2.05, 4.69) is 60.0 Å². The molecule has 1 heterocycles. The van der Waals surface area contributed by atoms with Crippen LogP contribution >= 0.6 is 0 Å². The molecule has 0 aliphatic heterocycles. The Morgan fingerprint density at radius 2 is 1.86 bits per heavy atom. The van der Waals surface area contributed by atoms with Crippen molar-refractivity contribution in [2.75, 3.05) is 0 Å². The number of fused-ring (bicyclic) bond motifs is 1. The largest absolute Gasteiger partial charge is 0.326 e. The van der Waals surface area contributed by atoms with Crippen molar-refractivity contribution in [2.45, 2.75) is 53.1 Å². The molecule has 4 nitrogen and oxygen atoms in total. The fourth-order valence-corrected chi connectivity index (χ4v) is 3.27. The summed E-state index contributed by atoms with van der Waals surface area (Å²) in [4.78, 5) is 0. The number of rotatable bonds is 3. The van der Waals surface area contributed by atoms with Gasteiger partial charge in [0.05, 0.1) is 17.9 Å². The van der Waals surface area contributed by atoms with Gasteiger partial charge < -0.3 is 5.73 Å². The fourth-order valence-electron chi connectivity index (χ4n) is 3.27. The molecule has 0 saturated carbocycles. The van der Waals surface area contributed by atoms with E-state index in [4.69, 9.17) is 5.73 Å². The molecular formula is C18H26N4. The van der Waals surface area contributed by atoms with Crippen LogP contribution in [0.5, 0.6) is 0 Å². The summed E-state index contributed by atoms with van der Waals surface area (Å²) in [5.74, 6) is 0.703. The maximum atomic E-state index is 5.65. The van der Waals surface area contributed by atoms with Crippen molar-refractivity contribution >= 4 is 0 Å². The number of aromatic nitrogens is 3. The van der Waals surface area contributed by atoms with Gasteiger partial charge in [-0.2, -0.15) is 0 Å². The van der Waals surface area contributed by atoms with Crippen LogP contribution in [-0.2, 0) is 25.9 Å². The summed E-state index contributed by atoms with van der Waals surface area (Å²) in [6.07, 6.45) is 3.38. The Balaban J connectivity index is 1.76. The average molecular weight is 298 g/mol. The molecule has 118 valence electrons. The molecule has 0 bridgehead atoms. The Bertz CT molecular complexity index is 634. The first-order valence-corrected chi connectivity index (χ1v) is 8.16.